The van der Waals surface area contributed by atoms with Gasteiger partial charge in [-0.1, -0.05) is 36.7 Å². The van der Waals surface area contributed by atoms with Gasteiger partial charge in [0.15, 0.2) is 0 Å². The minimum Gasteiger partial charge on any atom is -0.342 e. The van der Waals surface area contributed by atoms with E-state index in [1.165, 1.54) is 25.7 Å². The summed E-state index contributed by atoms with van der Waals surface area (Å²) in [4.78, 5) is 14.1. The van der Waals surface area contributed by atoms with Gasteiger partial charge >= 0.3 is 0 Å². The Bertz CT molecular complexity index is 234. The monoisotopic (exact) mass is 289 g/mol. The summed E-state index contributed by atoms with van der Waals surface area (Å²) < 4.78 is 0. The van der Waals surface area contributed by atoms with E-state index in [-0.39, 0.29) is 10.7 Å². The summed E-state index contributed by atoms with van der Waals surface area (Å²) >= 11 is 3.50. The van der Waals surface area contributed by atoms with Crippen LogP contribution in [-0.4, -0.2) is 28.7 Å². The molecule has 1 fully saturated rings. The van der Waals surface area contributed by atoms with Crippen molar-refractivity contribution in [1.82, 2.24) is 4.90 Å². The fourth-order valence-electron chi connectivity index (χ4n) is 2.29. The first kappa shape index (κ1) is 14.0. The molecule has 1 saturated carbocycles. The fourth-order valence-corrected chi connectivity index (χ4v) is 2.61. The van der Waals surface area contributed by atoms with Crippen molar-refractivity contribution in [3.05, 3.63) is 0 Å². The van der Waals surface area contributed by atoms with E-state index in [0.29, 0.717) is 12.0 Å². The van der Waals surface area contributed by atoms with Gasteiger partial charge in [-0.15, -0.1) is 0 Å². The number of nitrogens with zero attached hydrogens (tertiary/aromatic N) is 1. The van der Waals surface area contributed by atoms with Gasteiger partial charge in [-0.25, -0.2) is 0 Å². The summed E-state index contributed by atoms with van der Waals surface area (Å²) in [7, 11) is 1.96. The van der Waals surface area contributed by atoms with E-state index in [4.69, 9.17) is 0 Å². The highest BCUT2D eigenvalue weighted by Crippen LogP contribution is 2.27. The molecule has 0 bridgehead atoms. The number of rotatable bonds is 3. The lowest BCUT2D eigenvalue weighted by molar-refractivity contribution is -0.132. The van der Waals surface area contributed by atoms with Gasteiger partial charge in [0.05, 0.1) is 4.83 Å². The molecule has 16 heavy (non-hydrogen) atoms. The van der Waals surface area contributed by atoms with Crippen molar-refractivity contribution in [3.63, 3.8) is 0 Å². The van der Waals surface area contributed by atoms with E-state index in [9.17, 15) is 4.79 Å². The minimum atomic E-state index is -0.0307. The maximum atomic E-state index is 12.1. The molecule has 0 radical (unpaired) electrons. The third kappa shape index (κ3) is 3.47. The minimum absolute atomic E-state index is 0.0307. The summed E-state index contributed by atoms with van der Waals surface area (Å²) in [6.07, 6.45) is 4.86. The summed E-state index contributed by atoms with van der Waals surface area (Å²) in [5.74, 6) is 1.44. The second-order valence-corrected chi connectivity index (χ2v) is 6.50. The van der Waals surface area contributed by atoms with E-state index in [1.807, 2.05) is 11.9 Å². The first-order valence-corrected chi connectivity index (χ1v) is 7.25. The van der Waals surface area contributed by atoms with Gasteiger partial charge < -0.3 is 4.90 Å². The largest absolute Gasteiger partial charge is 0.342 e. The zero-order valence-corrected chi connectivity index (χ0v) is 12.5. The molecule has 2 nitrogen and oxygen atoms in total. The van der Waals surface area contributed by atoms with Crippen LogP contribution in [0.15, 0.2) is 0 Å². The second-order valence-electron chi connectivity index (χ2n) is 5.51. The van der Waals surface area contributed by atoms with Gasteiger partial charge in [-0.05, 0) is 37.5 Å². The zero-order chi connectivity index (χ0) is 12.3. The fraction of sp³-hybridized carbons (Fsp3) is 0.923. The number of hydrogen-bond acceptors (Lipinski definition) is 1. The third-order valence-electron chi connectivity index (χ3n) is 3.70. The molecule has 1 rings (SSSR count). The van der Waals surface area contributed by atoms with Crippen LogP contribution in [0.3, 0.4) is 0 Å². The lowest BCUT2D eigenvalue weighted by Crippen LogP contribution is -2.44. The van der Waals surface area contributed by atoms with Crippen LogP contribution in [0.2, 0.25) is 0 Å². The highest BCUT2D eigenvalue weighted by atomic mass is 79.9. The van der Waals surface area contributed by atoms with E-state index in [1.54, 1.807) is 0 Å². The summed E-state index contributed by atoms with van der Waals surface area (Å²) in [6.45, 7) is 6.46. The van der Waals surface area contributed by atoms with Gasteiger partial charge in [0.1, 0.15) is 0 Å². The lowest BCUT2D eigenvalue weighted by Gasteiger charge is -2.35. The van der Waals surface area contributed by atoms with E-state index in [0.717, 1.165) is 5.92 Å². The molecule has 0 heterocycles. The zero-order valence-electron chi connectivity index (χ0n) is 10.9. The molecule has 0 aromatic heterocycles. The topological polar surface area (TPSA) is 20.3 Å². The molecule has 0 aromatic carbocycles. The molecule has 1 amide bonds. The summed E-state index contributed by atoms with van der Waals surface area (Å²) in [5.41, 5.74) is 0. The Morgan fingerprint density at radius 3 is 2.19 bits per heavy atom. The molecule has 1 aliphatic rings. The molecule has 1 aliphatic carbocycles. The molecular weight excluding hydrogens is 266 g/mol. The van der Waals surface area contributed by atoms with Crippen molar-refractivity contribution in [1.29, 1.82) is 0 Å². The van der Waals surface area contributed by atoms with Crippen molar-refractivity contribution in [2.24, 2.45) is 11.8 Å². The van der Waals surface area contributed by atoms with Crippen LogP contribution in [0.5, 0.6) is 0 Å². The molecule has 94 valence electrons. The molecule has 1 atom stereocenters. The van der Waals surface area contributed by atoms with Crippen LogP contribution in [0, 0.1) is 11.8 Å². The maximum Gasteiger partial charge on any atom is 0.236 e. The molecule has 0 N–H and O–H groups in total. The third-order valence-corrected chi connectivity index (χ3v) is 5.15. The molecule has 0 aromatic rings. The van der Waals surface area contributed by atoms with Crippen LogP contribution in [-0.2, 0) is 4.79 Å². The Kier molecular flexibility index (Phi) is 5.29. The average Bonchev–Trinajstić information content (AvgIpc) is 2.27. The smallest absolute Gasteiger partial charge is 0.236 e. The second kappa shape index (κ2) is 6.04. The average molecular weight is 290 g/mol. The van der Waals surface area contributed by atoms with Crippen LogP contribution >= 0.6 is 15.9 Å². The number of carbonyl (C=O) groups excluding carboxylic acids is 1. The number of hydrogen-bond donors (Lipinski definition) is 0. The standard InChI is InChI=1S/C13H24BrNO/c1-9(2)12(14)13(16)15(4)11-7-5-10(3)6-8-11/h9-12H,5-8H2,1-4H3. The van der Waals surface area contributed by atoms with Gasteiger partial charge in [0.25, 0.3) is 0 Å². The van der Waals surface area contributed by atoms with Gasteiger partial charge in [0.2, 0.25) is 5.91 Å². The highest BCUT2D eigenvalue weighted by Gasteiger charge is 2.29. The number of carbonyl (C=O) groups is 1. The lowest BCUT2D eigenvalue weighted by atomic mass is 9.86. The Morgan fingerprint density at radius 2 is 1.75 bits per heavy atom. The van der Waals surface area contributed by atoms with Crippen molar-refractivity contribution >= 4 is 21.8 Å². The number of alkyl halides is 1. The first-order valence-electron chi connectivity index (χ1n) is 6.34. The van der Waals surface area contributed by atoms with E-state index in [2.05, 4.69) is 36.7 Å². The first-order chi connectivity index (χ1) is 7.43. The molecule has 0 saturated heterocycles. The predicted molar refractivity (Wildman–Crippen MR) is 71.7 cm³/mol. The van der Waals surface area contributed by atoms with Gasteiger partial charge in [0, 0.05) is 13.1 Å². The molecule has 0 aliphatic heterocycles. The highest BCUT2D eigenvalue weighted by molar-refractivity contribution is 9.10. The van der Waals surface area contributed by atoms with Crippen molar-refractivity contribution in [2.45, 2.75) is 57.3 Å². The van der Waals surface area contributed by atoms with E-state index < -0.39 is 0 Å². The van der Waals surface area contributed by atoms with Crippen molar-refractivity contribution in [3.8, 4) is 0 Å². The molecule has 3 heteroatoms. The molecular formula is C13H24BrNO. The number of halogens is 1. The van der Waals surface area contributed by atoms with Crippen LogP contribution in [0.25, 0.3) is 0 Å². The Balaban J connectivity index is 2.50. The van der Waals surface area contributed by atoms with Crippen LogP contribution in [0.1, 0.15) is 46.5 Å². The molecule has 0 spiro atoms. The number of amides is 1. The van der Waals surface area contributed by atoms with Crippen molar-refractivity contribution < 1.29 is 4.79 Å². The summed E-state index contributed by atoms with van der Waals surface area (Å²) in [6, 6.07) is 0.461. The van der Waals surface area contributed by atoms with Gasteiger partial charge in [-0.2, -0.15) is 0 Å². The van der Waals surface area contributed by atoms with Crippen LogP contribution < -0.4 is 0 Å². The van der Waals surface area contributed by atoms with E-state index >= 15 is 0 Å². The Labute approximate surface area is 108 Å². The maximum absolute atomic E-state index is 12.1. The summed E-state index contributed by atoms with van der Waals surface area (Å²) in [5, 5.41) is 0. The predicted octanol–water partition coefficient (Wildman–Crippen LogP) is 3.44. The van der Waals surface area contributed by atoms with Crippen LogP contribution in [0.4, 0.5) is 0 Å². The molecule has 1 unspecified atom stereocenters. The SMILES string of the molecule is CC1CCC(N(C)C(=O)C(Br)C(C)C)CC1. The van der Waals surface area contributed by atoms with Gasteiger partial charge in [-0.3, -0.25) is 4.79 Å². The Hall–Kier alpha value is -0.0500. The van der Waals surface area contributed by atoms with Crippen molar-refractivity contribution in [2.75, 3.05) is 7.05 Å². The normalized spacial score (nSPS) is 27.9. The Morgan fingerprint density at radius 1 is 1.25 bits per heavy atom. The quantitative estimate of drug-likeness (QED) is 0.729.